The van der Waals surface area contributed by atoms with Gasteiger partial charge in [-0.15, -0.1) is 0 Å². The first-order chi connectivity index (χ1) is 12.2. The maximum Gasteiger partial charge on any atom is 0.302 e. The van der Waals surface area contributed by atoms with E-state index < -0.39 is 0 Å². The molecule has 0 fully saturated rings. The molecular formula is C19H18N4O2. The van der Waals surface area contributed by atoms with Gasteiger partial charge in [-0.2, -0.15) is 5.10 Å². The zero-order valence-electron chi connectivity index (χ0n) is 13.8. The van der Waals surface area contributed by atoms with Gasteiger partial charge in [0.05, 0.1) is 18.0 Å². The van der Waals surface area contributed by atoms with E-state index in [2.05, 4.69) is 20.5 Å². The summed E-state index contributed by atoms with van der Waals surface area (Å²) in [5.74, 6) is 0.315. The van der Waals surface area contributed by atoms with Crippen LogP contribution in [0.15, 0.2) is 66.0 Å². The molecule has 25 heavy (non-hydrogen) atoms. The minimum Gasteiger partial charge on any atom is -0.465 e. The standard InChI is InChI=1S/C19H18N4O2/c1-14(24)25-13-10-17(22-23-18-8-4-5-11-20-18)19-16-7-3-2-6-15(16)9-12-21-19/h2-9,11-12H,10,13H2,1H3,(H,20,23)/b22-17+. The van der Waals surface area contributed by atoms with Gasteiger partial charge in [-0.1, -0.05) is 30.3 Å². The SMILES string of the molecule is CC(=O)OCC/C(=N\Nc1ccccn1)c1nccc2ccccc12. The van der Waals surface area contributed by atoms with Crippen molar-refractivity contribution in [1.82, 2.24) is 9.97 Å². The van der Waals surface area contributed by atoms with Crippen molar-refractivity contribution in [1.29, 1.82) is 0 Å². The van der Waals surface area contributed by atoms with Crippen molar-refractivity contribution in [2.45, 2.75) is 13.3 Å². The number of carbonyl (C=O) groups is 1. The van der Waals surface area contributed by atoms with E-state index in [-0.39, 0.29) is 12.6 Å². The lowest BCUT2D eigenvalue weighted by Crippen LogP contribution is -2.12. The molecule has 0 radical (unpaired) electrons. The van der Waals surface area contributed by atoms with E-state index in [9.17, 15) is 4.79 Å². The van der Waals surface area contributed by atoms with E-state index in [1.807, 2.05) is 48.5 Å². The van der Waals surface area contributed by atoms with Crippen LogP contribution in [0.25, 0.3) is 10.8 Å². The molecule has 0 saturated carbocycles. The number of fused-ring (bicyclic) bond motifs is 1. The maximum absolute atomic E-state index is 11.1. The fourth-order valence-electron chi connectivity index (χ4n) is 2.42. The second kappa shape index (κ2) is 8.01. The van der Waals surface area contributed by atoms with Crippen LogP contribution in [-0.2, 0) is 9.53 Å². The van der Waals surface area contributed by atoms with Crippen LogP contribution >= 0.6 is 0 Å². The lowest BCUT2D eigenvalue weighted by Gasteiger charge is -2.10. The van der Waals surface area contributed by atoms with E-state index in [4.69, 9.17) is 4.74 Å². The van der Waals surface area contributed by atoms with Gasteiger partial charge >= 0.3 is 5.97 Å². The normalized spacial score (nSPS) is 11.3. The average molecular weight is 334 g/mol. The van der Waals surface area contributed by atoms with Crippen LogP contribution in [0.1, 0.15) is 19.0 Å². The number of ether oxygens (including phenoxy) is 1. The summed E-state index contributed by atoms with van der Waals surface area (Å²) in [5.41, 5.74) is 4.40. The predicted octanol–water partition coefficient (Wildman–Crippen LogP) is 3.40. The molecule has 3 aromatic rings. The first kappa shape index (κ1) is 16.6. The number of esters is 1. The van der Waals surface area contributed by atoms with E-state index in [1.165, 1.54) is 6.92 Å². The molecule has 126 valence electrons. The van der Waals surface area contributed by atoms with Crippen LogP contribution in [0.5, 0.6) is 0 Å². The van der Waals surface area contributed by atoms with E-state index in [0.717, 1.165) is 16.5 Å². The Hall–Kier alpha value is -3.28. The van der Waals surface area contributed by atoms with Gasteiger partial charge in [0.2, 0.25) is 0 Å². The second-order valence-electron chi connectivity index (χ2n) is 5.36. The molecule has 0 saturated heterocycles. The highest BCUT2D eigenvalue weighted by molar-refractivity contribution is 6.09. The van der Waals surface area contributed by atoms with Crippen molar-refractivity contribution in [3.63, 3.8) is 0 Å². The number of benzene rings is 1. The predicted molar refractivity (Wildman–Crippen MR) is 97.4 cm³/mol. The molecule has 6 heteroatoms. The Balaban J connectivity index is 1.93. The largest absolute Gasteiger partial charge is 0.465 e. The highest BCUT2D eigenvalue weighted by Crippen LogP contribution is 2.18. The second-order valence-corrected chi connectivity index (χ2v) is 5.36. The number of hydrogen-bond acceptors (Lipinski definition) is 6. The Morgan fingerprint density at radius 3 is 2.72 bits per heavy atom. The monoisotopic (exact) mass is 334 g/mol. The molecule has 6 nitrogen and oxygen atoms in total. The third-order valence-corrected chi connectivity index (χ3v) is 3.56. The highest BCUT2D eigenvalue weighted by atomic mass is 16.5. The minimum absolute atomic E-state index is 0.239. The molecule has 0 spiro atoms. The van der Waals surface area contributed by atoms with Crippen LogP contribution < -0.4 is 5.43 Å². The van der Waals surface area contributed by atoms with E-state index >= 15 is 0 Å². The van der Waals surface area contributed by atoms with Gasteiger partial charge < -0.3 is 4.74 Å². The minimum atomic E-state index is -0.317. The number of nitrogens with one attached hydrogen (secondary N) is 1. The van der Waals surface area contributed by atoms with Gasteiger partial charge in [-0.25, -0.2) is 4.98 Å². The smallest absolute Gasteiger partial charge is 0.302 e. The summed E-state index contributed by atoms with van der Waals surface area (Å²) in [6.45, 7) is 1.63. The van der Waals surface area contributed by atoms with Crippen LogP contribution in [0.2, 0.25) is 0 Å². The molecule has 2 aromatic heterocycles. The first-order valence-corrected chi connectivity index (χ1v) is 7.95. The molecule has 0 aliphatic heterocycles. The molecule has 3 rings (SSSR count). The fourth-order valence-corrected chi connectivity index (χ4v) is 2.42. The van der Waals surface area contributed by atoms with Gasteiger partial charge in [0.1, 0.15) is 5.82 Å². The summed E-state index contributed by atoms with van der Waals surface area (Å²) in [5, 5.41) is 6.53. The van der Waals surface area contributed by atoms with Gasteiger partial charge in [-0.05, 0) is 23.6 Å². The zero-order valence-corrected chi connectivity index (χ0v) is 13.8. The zero-order chi connectivity index (χ0) is 17.5. The summed E-state index contributed by atoms with van der Waals surface area (Å²) in [6.07, 6.45) is 3.88. The number of aromatic nitrogens is 2. The van der Waals surface area contributed by atoms with Crippen molar-refractivity contribution in [2.24, 2.45) is 5.10 Å². The van der Waals surface area contributed by atoms with E-state index in [1.54, 1.807) is 12.4 Å². The molecule has 1 aromatic carbocycles. The molecule has 0 atom stereocenters. The summed E-state index contributed by atoms with van der Waals surface area (Å²) in [4.78, 5) is 19.7. The Labute approximate surface area is 145 Å². The molecule has 0 unspecified atom stereocenters. The summed E-state index contributed by atoms with van der Waals surface area (Å²) in [7, 11) is 0. The van der Waals surface area contributed by atoms with Crippen LogP contribution in [0, 0.1) is 0 Å². The average Bonchev–Trinajstić information content (AvgIpc) is 2.65. The maximum atomic E-state index is 11.1. The third-order valence-electron chi connectivity index (χ3n) is 3.56. The Morgan fingerprint density at radius 2 is 1.92 bits per heavy atom. The Kier molecular flexibility index (Phi) is 5.31. The van der Waals surface area contributed by atoms with E-state index in [0.29, 0.717) is 18.0 Å². The van der Waals surface area contributed by atoms with Crippen LogP contribution in [0.3, 0.4) is 0 Å². The number of hydrogen-bond donors (Lipinski definition) is 1. The number of pyridine rings is 2. The van der Waals surface area contributed by atoms with Crippen LogP contribution in [-0.4, -0.2) is 28.3 Å². The third kappa shape index (κ3) is 4.38. The topological polar surface area (TPSA) is 76.5 Å². The van der Waals surface area contributed by atoms with Crippen molar-refractivity contribution in [3.8, 4) is 0 Å². The molecule has 0 amide bonds. The molecule has 1 N–H and O–H groups in total. The summed E-state index contributed by atoms with van der Waals surface area (Å²) in [6, 6.07) is 15.5. The molecular weight excluding hydrogens is 316 g/mol. The highest BCUT2D eigenvalue weighted by Gasteiger charge is 2.11. The number of anilines is 1. The summed E-state index contributed by atoms with van der Waals surface area (Å²) < 4.78 is 5.07. The lowest BCUT2D eigenvalue weighted by atomic mass is 10.1. The van der Waals surface area contributed by atoms with Crippen molar-refractivity contribution < 1.29 is 9.53 Å². The van der Waals surface area contributed by atoms with Crippen LogP contribution in [0.4, 0.5) is 5.82 Å². The van der Waals surface area contributed by atoms with Gasteiger partial charge in [0, 0.05) is 31.1 Å². The fraction of sp³-hybridized carbons (Fsp3) is 0.158. The number of hydrazone groups is 1. The van der Waals surface area contributed by atoms with Gasteiger partial charge in [0.25, 0.3) is 0 Å². The molecule has 0 aliphatic carbocycles. The Bertz CT molecular complexity index is 889. The quantitative estimate of drug-likeness (QED) is 0.425. The Morgan fingerprint density at radius 1 is 1.08 bits per heavy atom. The number of carbonyl (C=O) groups excluding carboxylic acids is 1. The number of rotatable bonds is 6. The molecule has 0 bridgehead atoms. The summed E-state index contributed by atoms with van der Waals surface area (Å²) >= 11 is 0. The van der Waals surface area contributed by atoms with Crippen molar-refractivity contribution >= 4 is 28.3 Å². The molecule has 0 aliphatic rings. The lowest BCUT2D eigenvalue weighted by molar-refractivity contribution is -0.140. The first-order valence-electron chi connectivity index (χ1n) is 7.95. The van der Waals surface area contributed by atoms with Gasteiger partial charge in [-0.3, -0.25) is 15.2 Å². The van der Waals surface area contributed by atoms with Gasteiger partial charge in [0.15, 0.2) is 0 Å². The van der Waals surface area contributed by atoms with Crippen molar-refractivity contribution in [3.05, 3.63) is 66.6 Å². The molecule has 2 heterocycles. The van der Waals surface area contributed by atoms with Crippen molar-refractivity contribution in [2.75, 3.05) is 12.0 Å². The number of nitrogens with zero attached hydrogens (tertiary/aromatic N) is 3.